The van der Waals surface area contributed by atoms with Crippen LogP contribution in [0.4, 0.5) is 34.1 Å². The molecule has 3 heteroatoms. The molecule has 0 radical (unpaired) electrons. The van der Waals surface area contributed by atoms with Gasteiger partial charge in [0.2, 0.25) is 0 Å². The van der Waals surface area contributed by atoms with E-state index in [1.54, 1.807) is 0 Å². The number of fused-ring (bicyclic) bond motifs is 2. The molecule has 0 fully saturated rings. The third-order valence-electron chi connectivity index (χ3n) is 12.1. The minimum atomic E-state index is 0.0179. The van der Waals surface area contributed by atoms with Crippen LogP contribution in [0.15, 0.2) is 249 Å². The van der Waals surface area contributed by atoms with Crippen molar-refractivity contribution in [2.75, 3.05) is 15.1 Å². The molecule has 0 aliphatic carbocycles. The normalized spacial score (nSPS) is 13.1. The lowest BCUT2D eigenvalue weighted by Crippen LogP contribution is -2.23. The molecule has 0 saturated carbocycles. The van der Waals surface area contributed by atoms with Crippen LogP contribution >= 0.6 is 0 Å². The smallest absolute Gasteiger partial charge is 0.130 e. The van der Waals surface area contributed by atoms with Gasteiger partial charge in [0.15, 0.2) is 0 Å². The van der Waals surface area contributed by atoms with Crippen molar-refractivity contribution in [2.24, 2.45) is 0 Å². The minimum absolute atomic E-state index is 0.0179. The third-order valence-corrected chi connectivity index (χ3v) is 12.1. The lowest BCUT2D eigenvalue weighted by atomic mass is 9.96. The summed E-state index contributed by atoms with van der Waals surface area (Å²) in [5, 5.41) is 6.22. The standard InChI is InChI=1S/C59H43N3/c1-3-13-53(14-4-1)61(56-40-37-42-11-7-8-12-52(42)41-56)55-38-35-50(36-39-55)48-29-27-46(28-30-48)44-21-19-43(20-22-44)45-23-25-47(26-24-45)49-31-33-51(34-32-49)59-60-57-17-9-10-18-58(57)62(59)54-15-5-2-6-16-54/h1-41,59-60H. The van der Waals surface area contributed by atoms with Gasteiger partial charge in [0.25, 0.3) is 0 Å². The Morgan fingerprint density at radius 1 is 0.323 bits per heavy atom. The predicted octanol–water partition coefficient (Wildman–Crippen LogP) is 16.2. The number of rotatable bonds is 9. The summed E-state index contributed by atoms with van der Waals surface area (Å²) in [4.78, 5) is 4.70. The summed E-state index contributed by atoms with van der Waals surface area (Å²) in [6, 6.07) is 89.5. The van der Waals surface area contributed by atoms with Crippen molar-refractivity contribution in [1.29, 1.82) is 0 Å². The van der Waals surface area contributed by atoms with Crippen LogP contribution in [0.3, 0.4) is 0 Å². The van der Waals surface area contributed by atoms with E-state index >= 15 is 0 Å². The molecule has 0 bridgehead atoms. The summed E-state index contributed by atoms with van der Waals surface area (Å²) in [6.45, 7) is 0. The zero-order valence-corrected chi connectivity index (χ0v) is 34.1. The second-order valence-corrected chi connectivity index (χ2v) is 15.9. The maximum absolute atomic E-state index is 3.75. The van der Waals surface area contributed by atoms with E-state index < -0.39 is 0 Å². The monoisotopic (exact) mass is 793 g/mol. The van der Waals surface area contributed by atoms with E-state index in [2.05, 4.69) is 264 Å². The van der Waals surface area contributed by atoms with E-state index in [1.165, 1.54) is 72.2 Å². The van der Waals surface area contributed by atoms with Crippen molar-refractivity contribution in [1.82, 2.24) is 0 Å². The first-order chi connectivity index (χ1) is 30.7. The first kappa shape index (κ1) is 36.9. The van der Waals surface area contributed by atoms with Crippen molar-refractivity contribution in [3.8, 4) is 44.5 Å². The van der Waals surface area contributed by atoms with Crippen LogP contribution in [0.25, 0.3) is 55.3 Å². The fourth-order valence-electron chi connectivity index (χ4n) is 8.83. The van der Waals surface area contributed by atoms with Gasteiger partial charge >= 0.3 is 0 Å². The Kier molecular flexibility index (Phi) is 9.61. The largest absolute Gasteiger partial charge is 0.359 e. The Bertz CT molecular complexity index is 3110. The lowest BCUT2D eigenvalue weighted by Gasteiger charge is -2.27. The molecule has 0 aromatic heterocycles. The van der Waals surface area contributed by atoms with Crippen LogP contribution in [0.2, 0.25) is 0 Å². The number of para-hydroxylation sites is 4. The van der Waals surface area contributed by atoms with Gasteiger partial charge in [0.05, 0.1) is 11.4 Å². The molecule has 0 spiro atoms. The van der Waals surface area contributed by atoms with E-state index in [0.29, 0.717) is 0 Å². The number of nitrogens with zero attached hydrogens (tertiary/aromatic N) is 2. The molecule has 0 saturated heterocycles. The predicted molar refractivity (Wildman–Crippen MR) is 262 cm³/mol. The van der Waals surface area contributed by atoms with Gasteiger partial charge in [-0.25, -0.2) is 0 Å². The molecule has 1 aliphatic heterocycles. The molecule has 0 amide bonds. The molecular weight excluding hydrogens is 751 g/mol. The Morgan fingerprint density at radius 3 is 1.27 bits per heavy atom. The summed E-state index contributed by atoms with van der Waals surface area (Å²) >= 11 is 0. The number of benzene rings is 10. The van der Waals surface area contributed by atoms with Crippen molar-refractivity contribution in [3.63, 3.8) is 0 Å². The summed E-state index contributed by atoms with van der Waals surface area (Å²) in [6.07, 6.45) is 0.0179. The number of hydrogen-bond donors (Lipinski definition) is 1. The number of nitrogens with one attached hydrogen (secondary N) is 1. The van der Waals surface area contributed by atoms with Gasteiger partial charge in [-0.2, -0.15) is 0 Å². The number of hydrogen-bond acceptors (Lipinski definition) is 3. The zero-order chi connectivity index (χ0) is 41.2. The fraction of sp³-hybridized carbons (Fsp3) is 0.0169. The summed E-state index contributed by atoms with van der Waals surface area (Å²) in [5.74, 6) is 0. The van der Waals surface area contributed by atoms with Crippen molar-refractivity contribution >= 4 is 44.9 Å². The second-order valence-electron chi connectivity index (χ2n) is 15.9. The van der Waals surface area contributed by atoms with E-state index in [1.807, 2.05) is 0 Å². The van der Waals surface area contributed by atoms with Gasteiger partial charge in [-0.05, 0) is 122 Å². The van der Waals surface area contributed by atoms with Crippen LogP contribution in [-0.4, -0.2) is 0 Å². The first-order valence-corrected chi connectivity index (χ1v) is 21.3. The van der Waals surface area contributed by atoms with Gasteiger partial charge in [-0.1, -0.05) is 188 Å². The topological polar surface area (TPSA) is 18.5 Å². The highest BCUT2D eigenvalue weighted by molar-refractivity contribution is 5.90. The van der Waals surface area contributed by atoms with E-state index in [0.717, 1.165) is 22.7 Å². The lowest BCUT2D eigenvalue weighted by molar-refractivity contribution is 0.828. The zero-order valence-electron chi connectivity index (χ0n) is 34.1. The van der Waals surface area contributed by atoms with Crippen LogP contribution in [-0.2, 0) is 0 Å². The molecule has 10 aromatic carbocycles. The van der Waals surface area contributed by atoms with E-state index in [4.69, 9.17) is 0 Å². The molecule has 11 rings (SSSR count). The van der Waals surface area contributed by atoms with Crippen LogP contribution in [0.1, 0.15) is 11.7 Å². The van der Waals surface area contributed by atoms with Gasteiger partial charge in [-0.3, -0.25) is 0 Å². The van der Waals surface area contributed by atoms with E-state index in [-0.39, 0.29) is 6.17 Å². The maximum Gasteiger partial charge on any atom is 0.130 e. The first-order valence-electron chi connectivity index (χ1n) is 21.3. The maximum atomic E-state index is 3.75. The average molecular weight is 794 g/mol. The highest BCUT2D eigenvalue weighted by Gasteiger charge is 2.30. The second kappa shape index (κ2) is 16.1. The summed E-state index contributed by atoms with van der Waals surface area (Å²) in [7, 11) is 0. The van der Waals surface area contributed by atoms with Gasteiger partial charge in [-0.15, -0.1) is 0 Å². The quantitative estimate of drug-likeness (QED) is 0.157. The van der Waals surface area contributed by atoms with Crippen LogP contribution < -0.4 is 15.1 Å². The molecule has 1 unspecified atom stereocenters. The molecule has 10 aromatic rings. The van der Waals surface area contributed by atoms with Crippen molar-refractivity contribution in [2.45, 2.75) is 6.17 Å². The van der Waals surface area contributed by atoms with E-state index in [9.17, 15) is 0 Å². The SMILES string of the molecule is c1ccc(N(c2ccc(-c3ccc(-c4ccc(-c5ccc(-c6ccc(C7Nc8ccccc8N7c7ccccc7)cc6)cc5)cc4)cc3)cc2)c2ccc3ccccc3c2)cc1. The van der Waals surface area contributed by atoms with Crippen molar-refractivity contribution < 1.29 is 0 Å². The highest BCUT2D eigenvalue weighted by atomic mass is 15.3. The minimum Gasteiger partial charge on any atom is -0.359 e. The van der Waals surface area contributed by atoms with Gasteiger partial charge in [0.1, 0.15) is 6.17 Å². The molecule has 1 N–H and O–H groups in total. The summed E-state index contributed by atoms with van der Waals surface area (Å²) in [5.41, 5.74) is 17.7. The summed E-state index contributed by atoms with van der Waals surface area (Å²) < 4.78 is 0. The Morgan fingerprint density at radius 2 is 0.726 bits per heavy atom. The molecule has 3 nitrogen and oxygen atoms in total. The molecule has 294 valence electrons. The Labute approximate surface area is 363 Å². The van der Waals surface area contributed by atoms with Crippen LogP contribution in [0.5, 0.6) is 0 Å². The Hall–Kier alpha value is -8.14. The van der Waals surface area contributed by atoms with Crippen molar-refractivity contribution in [3.05, 3.63) is 254 Å². The highest BCUT2D eigenvalue weighted by Crippen LogP contribution is 2.46. The Balaban J connectivity index is 0.770. The molecular formula is C59H43N3. The molecule has 1 atom stereocenters. The number of anilines is 6. The van der Waals surface area contributed by atoms with Gasteiger partial charge < -0.3 is 15.1 Å². The third kappa shape index (κ3) is 7.16. The van der Waals surface area contributed by atoms with Crippen LogP contribution in [0, 0.1) is 0 Å². The fourth-order valence-corrected chi connectivity index (χ4v) is 8.83. The molecule has 1 heterocycles. The van der Waals surface area contributed by atoms with Gasteiger partial charge in [0, 0.05) is 22.7 Å². The average Bonchev–Trinajstić information content (AvgIpc) is 3.75. The molecule has 62 heavy (non-hydrogen) atoms. The molecule has 1 aliphatic rings.